The number of carbonyl (C=O) groups is 2. The number of allylic oxidation sites excluding steroid dienone is 1. The lowest BCUT2D eigenvalue weighted by Gasteiger charge is -1.99. The van der Waals surface area contributed by atoms with Crippen molar-refractivity contribution in [2.75, 3.05) is 0 Å². The highest BCUT2D eigenvalue weighted by atomic mass is 35.5. The molecule has 0 bridgehead atoms. The molecular formula is C16H9ClO4. The predicted molar refractivity (Wildman–Crippen MR) is 77.8 cm³/mol. The smallest absolute Gasteiger partial charge is 0.335 e. The summed E-state index contributed by atoms with van der Waals surface area (Å²) in [5.74, 6) is -0.885. The number of halogens is 1. The van der Waals surface area contributed by atoms with Gasteiger partial charge < -0.3 is 9.84 Å². The molecule has 1 heterocycles. The van der Waals surface area contributed by atoms with E-state index in [4.69, 9.17) is 21.4 Å². The first kappa shape index (κ1) is 13.4. The van der Waals surface area contributed by atoms with E-state index < -0.39 is 5.97 Å². The molecule has 3 rings (SSSR count). The van der Waals surface area contributed by atoms with Crippen LogP contribution in [0.1, 0.15) is 26.3 Å². The van der Waals surface area contributed by atoms with E-state index in [1.807, 2.05) is 0 Å². The van der Waals surface area contributed by atoms with Gasteiger partial charge in [-0.15, -0.1) is 0 Å². The van der Waals surface area contributed by atoms with Crippen molar-refractivity contribution in [2.24, 2.45) is 0 Å². The van der Waals surface area contributed by atoms with E-state index in [-0.39, 0.29) is 22.7 Å². The molecule has 104 valence electrons. The average molecular weight is 301 g/mol. The van der Waals surface area contributed by atoms with E-state index in [0.717, 1.165) is 5.56 Å². The minimum Gasteiger partial charge on any atom is -0.478 e. The van der Waals surface area contributed by atoms with Crippen LogP contribution in [-0.2, 0) is 0 Å². The van der Waals surface area contributed by atoms with Gasteiger partial charge in [-0.3, -0.25) is 4.79 Å². The number of ether oxygens (including phenoxy) is 1. The predicted octanol–water partition coefficient (Wildman–Crippen LogP) is 3.65. The highest BCUT2D eigenvalue weighted by Crippen LogP contribution is 2.32. The third-order valence-corrected chi connectivity index (χ3v) is 3.33. The van der Waals surface area contributed by atoms with Crippen molar-refractivity contribution in [2.45, 2.75) is 0 Å². The van der Waals surface area contributed by atoms with Crippen molar-refractivity contribution in [3.63, 3.8) is 0 Å². The summed E-state index contributed by atoms with van der Waals surface area (Å²) < 4.78 is 5.47. The maximum absolute atomic E-state index is 12.2. The maximum Gasteiger partial charge on any atom is 0.335 e. The Morgan fingerprint density at radius 1 is 1.14 bits per heavy atom. The fourth-order valence-electron chi connectivity index (χ4n) is 2.03. The second kappa shape index (κ2) is 5.07. The van der Waals surface area contributed by atoms with E-state index in [0.29, 0.717) is 10.8 Å². The highest BCUT2D eigenvalue weighted by Gasteiger charge is 2.28. The number of carbonyl (C=O) groups excluding carboxylic acids is 1. The number of hydrogen-bond donors (Lipinski definition) is 1. The van der Waals surface area contributed by atoms with Crippen LogP contribution in [0.2, 0.25) is 5.02 Å². The first-order chi connectivity index (χ1) is 10.0. The first-order valence-electron chi connectivity index (χ1n) is 6.12. The third kappa shape index (κ3) is 2.53. The van der Waals surface area contributed by atoms with Crippen LogP contribution in [0.25, 0.3) is 6.08 Å². The monoisotopic (exact) mass is 300 g/mol. The summed E-state index contributed by atoms with van der Waals surface area (Å²) in [5, 5.41) is 9.55. The highest BCUT2D eigenvalue weighted by molar-refractivity contribution is 6.30. The van der Waals surface area contributed by atoms with E-state index in [1.54, 1.807) is 30.3 Å². The van der Waals surface area contributed by atoms with E-state index >= 15 is 0 Å². The molecule has 0 amide bonds. The van der Waals surface area contributed by atoms with E-state index in [2.05, 4.69) is 0 Å². The van der Waals surface area contributed by atoms with Gasteiger partial charge in [0.1, 0.15) is 5.75 Å². The number of ketones is 1. The molecule has 0 atom stereocenters. The van der Waals surface area contributed by atoms with Crippen molar-refractivity contribution >= 4 is 29.4 Å². The Labute approximate surface area is 125 Å². The fourth-order valence-corrected chi connectivity index (χ4v) is 2.16. The molecule has 0 fully saturated rings. The topological polar surface area (TPSA) is 63.6 Å². The van der Waals surface area contributed by atoms with Gasteiger partial charge >= 0.3 is 5.97 Å². The van der Waals surface area contributed by atoms with Crippen LogP contribution in [0.4, 0.5) is 0 Å². The Balaban J connectivity index is 1.96. The molecule has 0 spiro atoms. The largest absolute Gasteiger partial charge is 0.478 e. The number of carboxylic acids is 1. The second-order valence-electron chi connectivity index (χ2n) is 4.51. The molecule has 0 unspecified atom stereocenters. The van der Waals surface area contributed by atoms with Crippen LogP contribution >= 0.6 is 11.6 Å². The van der Waals surface area contributed by atoms with Crippen molar-refractivity contribution in [3.8, 4) is 5.75 Å². The summed E-state index contributed by atoms with van der Waals surface area (Å²) in [4.78, 5) is 23.2. The van der Waals surface area contributed by atoms with Crippen LogP contribution in [0, 0.1) is 0 Å². The van der Waals surface area contributed by atoms with Gasteiger partial charge in [0.05, 0.1) is 11.1 Å². The zero-order chi connectivity index (χ0) is 15.0. The quantitative estimate of drug-likeness (QED) is 0.860. The fraction of sp³-hybridized carbons (Fsp3) is 0. The molecule has 1 aliphatic rings. The Kier molecular flexibility index (Phi) is 3.23. The van der Waals surface area contributed by atoms with Gasteiger partial charge in [-0.25, -0.2) is 4.79 Å². The van der Waals surface area contributed by atoms with E-state index in [9.17, 15) is 9.59 Å². The molecule has 21 heavy (non-hydrogen) atoms. The van der Waals surface area contributed by atoms with Crippen LogP contribution < -0.4 is 4.74 Å². The Morgan fingerprint density at radius 3 is 2.52 bits per heavy atom. The molecule has 1 aliphatic heterocycles. The lowest BCUT2D eigenvalue weighted by Crippen LogP contribution is -2.00. The molecule has 0 aromatic heterocycles. The van der Waals surface area contributed by atoms with E-state index in [1.165, 1.54) is 18.2 Å². The van der Waals surface area contributed by atoms with Gasteiger partial charge in [0.2, 0.25) is 5.78 Å². The van der Waals surface area contributed by atoms with Crippen LogP contribution in [0.5, 0.6) is 5.75 Å². The number of Topliss-reactive ketones (excluding diaryl/α,β-unsaturated/α-hetero) is 1. The minimum atomic E-state index is -1.08. The molecule has 4 nitrogen and oxygen atoms in total. The Bertz CT molecular complexity index is 775. The molecular weight excluding hydrogens is 292 g/mol. The maximum atomic E-state index is 12.2. The summed E-state index contributed by atoms with van der Waals surface area (Å²) in [7, 11) is 0. The summed E-state index contributed by atoms with van der Waals surface area (Å²) >= 11 is 5.80. The van der Waals surface area contributed by atoms with Gasteiger partial charge in [-0.1, -0.05) is 23.7 Å². The minimum absolute atomic E-state index is 0.0541. The Hall–Kier alpha value is -2.59. The molecule has 0 saturated heterocycles. The normalized spacial score (nSPS) is 14.9. The lowest BCUT2D eigenvalue weighted by molar-refractivity contribution is 0.0697. The number of benzene rings is 2. The number of aromatic carboxylic acids is 1. The third-order valence-electron chi connectivity index (χ3n) is 3.08. The summed E-state index contributed by atoms with van der Waals surface area (Å²) in [5.41, 5.74) is 1.09. The van der Waals surface area contributed by atoms with Crippen LogP contribution in [-0.4, -0.2) is 16.9 Å². The molecule has 1 N–H and O–H groups in total. The molecule has 0 aliphatic carbocycles. The van der Waals surface area contributed by atoms with Gasteiger partial charge in [-0.05, 0) is 42.0 Å². The number of carboxylic acid groups (broad SMARTS) is 1. The summed E-state index contributed by atoms with van der Waals surface area (Å²) in [6, 6.07) is 11.2. The molecule has 5 heteroatoms. The van der Waals surface area contributed by atoms with Gasteiger partial charge in [-0.2, -0.15) is 0 Å². The van der Waals surface area contributed by atoms with Gasteiger partial charge in [0, 0.05) is 5.02 Å². The molecule has 0 saturated carbocycles. The number of hydrogen-bond acceptors (Lipinski definition) is 3. The summed E-state index contributed by atoms with van der Waals surface area (Å²) in [6.07, 6.45) is 1.60. The van der Waals surface area contributed by atoms with Crippen molar-refractivity contribution in [1.82, 2.24) is 0 Å². The lowest BCUT2D eigenvalue weighted by atomic mass is 10.1. The van der Waals surface area contributed by atoms with Gasteiger partial charge in [0.15, 0.2) is 5.76 Å². The molecule has 0 radical (unpaired) electrons. The second-order valence-corrected chi connectivity index (χ2v) is 4.94. The first-order valence-corrected chi connectivity index (χ1v) is 6.49. The zero-order valence-corrected chi connectivity index (χ0v) is 11.4. The van der Waals surface area contributed by atoms with Gasteiger partial charge in [0.25, 0.3) is 0 Å². The number of rotatable bonds is 2. The van der Waals surface area contributed by atoms with Crippen molar-refractivity contribution in [3.05, 3.63) is 69.9 Å². The van der Waals surface area contributed by atoms with Crippen LogP contribution in [0.15, 0.2) is 48.2 Å². The van der Waals surface area contributed by atoms with Crippen molar-refractivity contribution in [1.29, 1.82) is 0 Å². The molecule has 2 aromatic carbocycles. The SMILES string of the molecule is O=C(O)c1ccc2c(c1)C(=O)/C(=C/c1ccc(Cl)cc1)O2. The summed E-state index contributed by atoms with van der Waals surface area (Å²) in [6.45, 7) is 0. The van der Waals surface area contributed by atoms with Crippen molar-refractivity contribution < 1.29 is 19.4 Å². The standard InChI is InChI=1S/C16H9ClO4/c17-11-4-1-9(2-5-11)7-14-15(18)12-8-10(16(19)20)3-6-13(12)21-14/h1-8H,(H,19,20)/b14-7-. The zero-order valence-electron chi connectivity index (χ0n) is 10.7. The Morgan fingerprint density at radius 2 is 1.86 bits per heavy atom. The molecule has 2 aromatic rings. The number of fused-ring (bicyclic) bond motifs is 1. The average Bonchev–Trinajstić information content (AvgIpc) is 2.77. The van der Waals surface area contributed by atoms with Crippen LogP contribution in [0.3, 0.4) is 0 Å².